The van der Waals surface area contributed by atoms with Crippen molar-refractivity contribution >= 4 is 9.84 Å². The van der Waals surface area contributed by atoms with Gasteiger partial charge < -0.3 is 10.4 Å². The van der Waals surface area contributed by atoms with Crippen molar-refractivity contribution in [2.75, 3.05) is 12.3 Å². The van der Waals surface area contributed by atoms with Crippen LogP contribution in [0.25, 0.3) is 0 Å². The zero-order valence-electron chi connectivity index (χ0n) is 11.7. The molecule has 0 bridgehead atoms. The van der Waals surface area contributed by atoms with Crippen LogP contribution in [-0.4, -0.2) is 38.0 Å². The second-order valence-electron chi connectivity index (χ2n) is 4.90. The number of rotatable bonds is 7. The van der Waals surface area contributed by atoms with Crippen LogP contribution in [0.3, 0.4) is 0 Å². The summed E-state index contributed by atoms with van der Waals surface area (Å²) in [7, 11) is -3.39. The molecule has 1 aromatic carbocycles. The molecule has 2 N–H and O–H groups in total. The number of aliphatic hydroxyl groups is 1. The highest BCUT2D eigenvalue weighted by Crippen LogP contribution is 2.12. The highest BCUT2D eigenvalue weighted by atomic mass is 32.2. The minimum absolute atomic E-state index is 0.0357. The summed E-state index contributed by atoms with van der Waals surface area (Å²) in [5, 5.41) is 21.1. The highest BCUT2D eigenvalue weighted by molar-refractivity contribution is 7.91. The lowest BCUT2D eigenvalue weighted by molar-refractivity contribution is 0.171. The van der Waals surface area contributed by atoms with E-state index in [0.717, 1.165) is 0 Å². The maximum Gasteiger partial charge on any atom is 0.179 e. The molecular formula is C14H20N2O3S. The van der Waals surface area contributed by atoms with E-state index < -0.39 is 15.9 Å². The number of benzene rings is 1. The summed E-state index contributed by atoms with van der Waals surface area (Å²) < 4.78 is 24.2. The van der Waals surface area contributed by atoms with E-state index in [1.54, 1.807) is 19.1 Å². The Morgan fingerprint density at radius 1 is 1.40 bits per heavy atom. The first kappa shape index (κ1) is 16.6. The smallest absolute Gasteiger partial charge is 0.179 e. The lowest BCUT2D eigenvalue weighted by Crippen LogP contribution is -2.33. The fraction of sp³-hybridized carbons (Fsp3) is 0.500. The van der Waals surface area contributed by atoms with E-state index in [4.69, 9.17) is 5.26 Å². The molecule has 0 fully saturated rings. The van der Waals surface area contributed by atoms with E-state index in [0.29, 0.717) is 18.5 Å². The highest BCUT2D eigenvalue weighted by Gasteiger charge is 2.15. The van der Waals surface area contributed by atoms with Crippen LogP contribution in [0.15, 0.2) is 29.2 Å². The fourth-order valence-electron chi connectivity index (χ4n) is 1.91. The van der Waals surface area contributed by atoms with Gasteiger partial charge in [-0.3, -0.25) is 0 Å². The zero-order chi connectivity index (χ0) is 15.2. The zero-order valence-corrected chi connectivity index (χ0v) is 12.5. The Morgan fingerprint density at radius 2 is 2.10 bits per heavy atom. The Balaban J connectivity index is 2.60. The third-order valence-corrected chi connectivity index (χ3v) is 4.59. The topological polar surface area (TPSA) is 90.2 Å². The molecule has 0 saturated heterocycles. The summed E-state index contributed by atoms with van der Waals surface area (Å²) in [5.74, 6) is -0.0357. The number of nitriles is 1. The van der Waals surface area contributed by atoms with Gasteiger partial charge in [-0.25, -0.2) is 8.42 Å². The summed E-state index contributed by atoms with van der Waals surface area (Å²) in [6.45, 7) is 3.91. The van der Waals surface area contributed by atoms with Crippen LogP contribution in [-0.2, 0) is 9.84 Å². The molecule has 6 heteroatoms. The molecule has 0 amide bonds. The number of nitrogens with zero attached hydrogens (tertiary/aromatic N) is 1. The number of sulfone groups is 1. The fourth-order valence-corrected chi connectivity index (χ4v) is 3.13. The van der Waals surface area contributed by atoms with Crippen molar-refractivity contribution in [2.45, 2.75) is 37.3 Å². The standard InChI is InChI=1S/C14H20N2O3S/c1-11(8-12(2)17)16-6-7-20(18,19)14-5-3-4-13(9-14)10-15/h3-5,9,11-12,16-17H,6-8H2,1-2H3. The van der Waals surface area contributed by atoms with E-state index in [-0.39, 0.29) is 16.7 Å². The lowest BCUT2D eigenvalue weighted by Gasteiger charge is -2.15. The number of hydrogen-bond donors (Lipinski definition) is 2. The number of nitrogens with one attached hydrogen (secondary N) is 1. The minimum atomic E-state index is -3.39. The molecule has 0 saturated carbocycles. The molecule has 1 aromatic rings. The quantitative estimate of drug-likeness (QED) is 0.786. The van der Waals surface area contributed by atoms with Crippen LogP contribution in [0.5, 0.6) is 0 Å². The second-order valence-corrected chi connectivity index (χ2v) is 7.01. The Morgan fingerprint density at radius 3 is 2.70 bits per heavy atom. The van der Waals surface area contributed by atoms with Gasteiger partial charge in [-0.1, -0.05) is 6.07 Å². The van der Waals surface area contributed by atoms with Gasteiger partial charge >= 0.3 is 0 Å². The summed E-state index contributed by atoms with van der Waals surface area (Å²) in [5.41, 5.74) is 0.335. The molecule has 0 spiro atoms. The van der Waals surface area contributed by atoms with Crippen LogP contribution >= 0.6 is 0 Å². The third kappa shape index (κ3) is 5.29. The maximum atomic E-state index is 12.1. The first-order valence-electron chi connectivity index (χ1n) is 6.49. The van der Waals surface area contributed by atoms with Gasteiger partial charge in [0.15, 0.2) is 9.84 Å². The van der Waals surface area contributed by atoms with Crippen molar-refractivity contribution in [3.05, 3.63) is 29.8 Å². The molecule has 1 rings (SSSR count). The van der Waals surface area contributed by atoms with E-state index in [2.05, 4.69) is 5.32 Å². The number of hydrogen-bond acceptors (Lipinski definition) is 5. The normalized spacial score (nSPS) is 14.5. The predicted octanol–water partition coefficient (Wildman–Crippen LogP) is 1.08. The van der Waals surface area contributed by atoms with Gasteiger partial charge in [0.25, 0.3) is 0 Å². The summed E-state index contributed by atoms with van der Waals surface area (Å²) in [6, 6.07) is 7.99. The van der Waals surface area contributed by atoms with Crippen LogP contribution in [0.2, 0.25) is 0 Å². The summed E-state index contributed by atoms with van der Waals surface area (Å²) >= 11 is 0. The largest absolute Gasteiger partial charge is 0.393 e. The van der Waals surface area contributed by atoms with Gasteiger partial charge in [-0.15, -0.1) is 0 Å². The molecule has 0 aliphatic carbocycles. The Kier molecular flexibility index (Phi) is 6.14. The molecule has 2 unspecified atom stereocenters. The predicted molar refractivity (Wildman–Crippen MR) is 77.0 cm³/mol. The van der Waals surface area contributed by atoms with Crippen LogP contribution in [0, 0.1) is 11.3 Å². The first-order valence-corrected chi connectivity index (χ1v) is 8.14. The van der Waals surface area contributed by atoms with E-state index in [9.17, 15) is 13.5 Å². The van der Waals surface area contributed by atoms with Gasteiger partial charge in [-0.2, -0.15) is 5.26 Å². The molecule has 20 heavy (non-hydrogen) atoms. The monoisotopic (exact) mass is 296 g/mol. The van der Waals surface area contributed by atoms with Crippen LogP contribution < -0.4 is 5.32 Å². The second kappa shape index (κ2) is 7.39. The van der Waals surface area contributed by atoms with Crippen molar-refractivity contribution in [3.8, 4) is 6.07 Å². The van der Waals surface area contributed by atoms with E-state index >= 15 is 0 Å². The van der Waals surface area contributed by atoms with Gasteiger partial charge in [-0.05, 0) is 38.5 Å². The average Bonchev–Trinajstić information content (AvgIpc) is 2.37. The molecule has 0 radical (unpaired) electrons. The van der Waals surface area contributed by atoms with Crippen molar-refractivity contribution in [1.82, 2.24) is 5.32 Å². The van der Waals surface area contributed by atoms with E-state index in [1.807, 2.05) is 13.0 Å². The van der Waals surface area contributed by atoms with Crippen molar-refractivity contribution in [3.63, 3.8) is 0 Å². The molecule has 0 aliphatic rings. The third-order valence-electron chi connectivity index (χ3n) is 2.88. The van der Waals surface area contributed by atoms with E-state index in [1.165, 1.54) is 12.1 Å². The number of aliphatic hydroxyl groups excluding tert-OH is 1. The lowest BCUT2D eigenvalue weighted by atomic mass is 10.1. The van der Waals surface area contributed by atoms with Crippen molar-refractivity contribution in [1.29, 1.82) is 5.26 Å². The Hall–Kier alpha value is -1.42. The SMILES string of the molecule is CC(O)CC(C)NCCS(=O)(=O)c1cccc(C#N)c1. The van der Waals surface area contributed by atoms with Gasteiger partial charge in [0.1, 0.15) is 0 Å². The summed E-state index contributed by atoms with van der Waals surface area (Å²) in [6.07, 6.45) is 0.158. The minimum Gasteiger partial charge on any atom is -0.393 e. The summed E-state index contributed by atoms with van der Waals surface area (Å²) in [4.78, 5) is 0.168. The van der Waals surface area contributed by atoms with Gasteiger partial charge in [0, 0.05) is 12.6 Å². The molecular weight excluding hydrogens is 276 g/mol. The average molecular weight is 296 g/mol. The van der Waals surface area contributed by atoms with Crippen molar-refractivity contribution < 1.29 is 13.5 Å². The molecule has 0 aromatic heterocycles. The van der Waals surface area contributed by atoms with Crippen molar-refractivity contribution in [2.24, 2.45) is 0 Å². The van der Waals surface area contributed by atoms with Crippen LogP contribution in [0.4, 0.5) is 0 Å². The van der Waals surface area contributed by atoms with Gasteiger partial charge in [0.2, 0.25) is 0 Å². The Bertz CT molecular complexity index is 576. The molecule has 2 atom stereocenters. The van der Waals surface area contributed by atoms with Gasteiger partial charge in [0.05, 0.1) is 28.4 Å². The Labute approximate surface area is 120 Å². The molecule has 110 valence electrons. The van der Waals surface area contributed by atoms with Crippen LogP contribution in [0.1, 0.15) is 25.8 Å². The first-order chi connectivity index (χ1) is 9.35. The molecule has 5 nitrogen and oxygen atoms in total. The maximum absolute atomic E-state index is 12.1. The molecule has 0 aliphatic heterocycles. The molecule has 0 heterocycles.